The van der Waals surface area contributed by atoms with Gasteiger partial charge in [0.05, 0.1) is 6.10 Å². The summed E-state index contributed by atoms with van der Waals surface area (Å²) in [5.41, 5.74) is 2.60. The van der Waals surface area contributed by atoms with Gasteiger partial charge in [-0.05, 0) is 128 Å². The summed E-state index contributed by atoms with van der Waals surface area (Å²) in [6.45, 7) is 19.7. The minimum Gasteiger partial charge on any atom is -0.396 e. The van der Waals surface area contributed by atoms with Crippen molar-refractivity contribution in [3.63, 3.8) is 0 Å². The van der Waals surface area contributed by atoms with E-state index in [2.05, 4.69) is 48.1 Å². The van der Waals surface area contributed by atoms with E-state index in [1.54, 1.807) is 0 Å². The van der Waals surface area contributed by atoms with Crippen molar-refractivity contribution in [2.24, 2.45) is 56.7 Å². The van der Waals surface area contributed by atoms with Crippen LogP contribution >= 0.6 is 0 Å². The van der Waals surface area contributed by atoms with Gasteiger partial charge in [0.25, 0.3) is 0 Å². The van der Waals surface area contributed by atoms with Gasteiger partial charge in [-0.15, -0.1) is 0 Å². The van der Waals surface area contributed by atoms with E-state index < -0.39 is 0 Å². The summed E-state index contributed by atoms with van der Waals surface area (Å²) in [6.07, 6.45) is 12.2. The summed E-state index contributed by atoms with van der Waals surface area (Å²) in [7, 11) is 0. The lowest BCUT2D eigenvalue weighted by atomic mass is 9.32. The largest absolute Gasteiger partial charge is 0.396 e. The van der Waals surface area contributed by atoms with E-state index in [0.717, 1.165) is 18.3 Å². The Bertz CT molecular complexity index is 786. The van der Waals surface area contributed by atoms with Gasteiger partial charge in [-0.3, -0.25) is 0 Å². The first kappa shape index (κ1) is 23.4. The van der Waals surface area contributed by atoms with Crippen molar-refractivity contribution in [1.29, 1.82) is 0 Å². The molecule has 5 fully saturated rings. The third-order valence-electron chi connectivity index (χ3n) is 13.5. The number of rotatable bonds is 2. The van der Waals surface area contributed by atoms with Gasteiger partial charge >= 0.3 is 0 Å². The topological polar surface area (TPSA) is 40.5 Å². The predicted octanol–water partition coefficient (Wildman–Crippen LogP) is 7.00. The molecule has 5 rings (SSSR count). The zero-order chi connectivity index (χ0) is 23.3. The normalized spacial score (nSPS) is 56.5. The van der Waals surface area contributed by atoms with E-state index in [-0.39, 0.29) is 16.9 Å². The average molecular weight is 443 g/mol. The number of hydrogen-bond acceptors (Lipinski definition) is 2. The summed E-state index contributed by atoms with van der Waals surface area (Å²) in [6, 6.07) is 0. The maximum Gasteiger partial charge on any atom is 0.0594 e. The van der Waals surface area contributed by atoms with Gasteiger partial charge in [-0.2, -0.15) is 0 Å². The fraction of sp³-hybridized carbons (Fsp3) is 0.933. The van der Waals surface area contributed by atoms with Crippen LogP contribution < -0.4 is 0 Å². The van der Waals surface area contributed by atoms with Gasteiger partial charge in [-0.25, -0.2) is 0 Å². The Balaban J connectivity index is 1.55. The maximum absolute atomic E-state index is 10.9. The zero-order valence-corrected chi connectivity index (χ0v) is 21.8. The first-order valence-electron chi connectivity index (χ1n) is 13.8. The first-order chi connectivity index (χ1) is 14.9. The first-order valence-corrected chi connectivity index (χ1v) is 13.8. The molecule has 182 valence electrons. The van der Waals surface area contributed by atoms with Crippen LogP contribution in [-0.4, -0.2) is 22.9 Å². The Morgan fingerprint density at radius 2 is 1.53 bits per heavy atom. The Morgan fingerprint density at radius 1 is 0.812 bits per heavy atom. The molecule has 5 aliphatic rings. The van der Waals surface area contributed by atoms with Crippen LogP contribution in [0.15, 0.2) is 12.2 Å². The minimum absolute atomic E-state index is 0.0290. The van der Waals surface area contributed by atoms with Gasteiger partial charge in [0, 0.05) is 6.61 Å². The highest BCUT2D eigenvalue weighted by Crippen LogP contribution is 2.77. The summed E-state index contributed by atoms with van der Waals surface area (Å²) in [4.78, 5) is 0. The smallest absolute Gasteiger partial charge is 0.0594 e. The second kappa shape index (κ2) is 7.09. The second-order valence-electron chi connectivity index (χ2n) is 14.6. The van der Waals surface area contributed by atoms with Gasteiger partial charge in [-0.1, -0.05) is 46.8 Å². The molecule has 0 bridgehead atoms. The number of hydrogen-bond donors (Lipinski definition) is 2. The van der Waals surface area contributed by atoms with Crippen LogP contribution in [-0.2, 0) is 0 Å². The van der Waals surface area contributed by atoms with Gasteiger partial charge in [0.2, 0.25) is 0 Å². The molecular weight excluding hydrogens is 392 g/mol. The van der Waals surface area contributed by atoms with Gasteiger partial charge < -0.3 is 10.2 Å². The van der Waals surface area contributed by atoms with Crippen molar-refractivity contribution in [1.82, 2.24) is 0 Å². The van der Waals surface area contributed by atoms with E-state index in [0.29, 0.717) is 40.6 Å². The highest BCUT2D eigenvalue weighted by atomic mass is 16.3. The van der Waals surface area contributed by atoms with Crippen molar-refractivity contribution in [2.45, 2.75) is 112 Å². The maximum atomic E-state index is 10.9. The van der Waals surface area contributed by atoms with E-state index in [4.69, 9.17) is 0 Å². The zero-order valence-electron chi connectivity index (χ0n) is 21.8. The van der Waals surface area contributed by atoms with Gasteiger partial charge in [0.1, 0.15) is 0 Å². The monoisotopic (exact) mass is 442 g/mol. The van der Waals surface area contributed by atoms with Crippen molar-refractivity contribution in [3.8, 4) is 0 Å². The third kappa shape index (κ3) is 2.66. The average Bonchev–Trinajstić information content (AvgIpc) is 3.12. The number of fused-ring (bicyclic) bond motifs is 7. The molecule has 0 aliphatic heterocycles. The molecule has 5 saturated carbocycles. The molecule has 0 saturated heterocycles. The van der Waals surface area contributed by atoms with Crippen molar-refractivity contribution in [3.05, 3.63) is 12.2 Å². The summed E-state index contributed by atoms with van der Waals surface area (Å²) in [5, 5.41) is 21.5. The Hall–Kier alpha value is -0.340. The molecule has 0 spiro atoms. The lowest BCUT2D eigenvalue weighted by Crippen LogP contribution is -2.66. The Morgan fingerprint density at radius 3 is 2.19 bits per heavy atom. The van der Waals surface area contributed by atoms with Crippen LogP contribution in [0, 0.1) is 56.7 Å². The number of aliphatic hydroxyl groups is 2. The van der Waals surface area contributed by atoms with Crippen LogP contribution in [0.4, 0.5) is 0 Å². The van der Waals surface area contributed by atoms with Gasteiger partial charge in [0.15, 0.2) is 0 Å². The lowest BCUT2D eigenvalue weighted by molar-refractivity contribution is -0.249. The van der Waals surface area contributed by atoms with Crippen LogP contribution in [0.2, 0.25) is 0 Å². The quantitative estimate of drug-likeness (QED) is 0.452. The second-order valence-corrected chi connectivity index (χ2v) is 14.6. The summed E-state index contributed by atoms with van der Waals surface area (Å²) in [5.74, 6) is 3.33. The molecule has 0 amide bonds. The summed E-state index contributed by atoms with van der Waals surface area (Å²) >= 11 is 0. The number of aliphatic hydroxyl groups excluding tert-OH is 2. The minimum atomic E-state index is -0.147. The molecule has 32 heavy (non-hydrogen) atoms. The van der Waals surface area contributed by atoms with E-state index >= 15 is 0 Å². The van der Waals surface area contributed by atoms with Crippen LogP contribution in [0.25, 0.3) is 0 Å². The molecular formula is C30H50O2. The van der Waals surface area contributed by atoms with E-state index in [9.17, 15) is 10.2 Å². The van der Waals surface area contributed by atoms with Crippen molar-refractivity contribution in [2.75, 3.05) is 6.61 Å². The molecule has 2 nitrogen and oxygen atoms in total. The fourth-order valence-corrected chi connectivity index (χ4v) is 11.5. The molecule has 10 atom stereocenters. The number of allylic oxidation sites excluding steroid dienone is 1. The molecule has 0 aromatic carbocycles. The van der Waals surface area contributed by atoms with Crippen LogP contribution in [0.5, 0.6) is 0 Å². The third-order valence-corrected chi connectivity index (χ3v) is 13.5. The Labute approximate surface area is 197 Å². The molecule has 0 heterocycles. The van der Waals surface area contributed by atoms with E-state index in [1.807, 2.05) is 0 Å². The van der Waals surface area contributed by atoms with Crippen LogP contribution in [0.1, 0.15) is 106 Å². The lowest BCUT2D eigenvalue weighted by Gasteiger charge is -2.73. The van der Waals surface area contributed by atoms with Crippen LogP contribution in [0.3, 0.4) is 0 Å². The molecule has 5 aliphatic carbocycles. The predicted molar refractivity (Wildman–Crippen MR) is 132 cm³/mol. The van der Waals surface area contributed by atoms with Crippen molar-refractivity contribution < 1.29 is 10.2 Å². The van der Waals surface area contributed by atoms with Crippen molar-refractivity contribution >= 4 is 0 Å². The molecule has 0 unspecified atom stereocenters. The molecule has 0 aromatic rings. The fourth-order valence-electron chi connectivity index (χ4n) is 11.5. The molecule has 0 radical (unpaired) electrons. The molecule has 0 aromatic heterocycles. The standard InChI is InChI=1S/C30H50O2/c1-19(2)20-10-15-30(18-31)17-16-28(6)21(25(20)30)8-9-23-27(5)13-12-24(32)26(3,4)22(27)11-14-29(23,28)7/h20-25,31-32H,1,8-18H2,2-7H3/t20-,21-,22+,23-,24+,25+,27-,28+,29+,30-/m1/s1. The van der Waals surface area contributed by atoms with E-state index in [1.165, 1.54) is 63.4 Å². The molecule has 2 heteroatoms. The highest BCUT2D eigenvalue weighted by Gasteiger charge is 2.70. The highest BCUT2D eigenvalue weighted by molar-refractivity contribution is 5.21. The molecule has 2 N–H and O–H groups in total. The summed E-state index contributed by atoms with van der Waals surface area (Å²) < 4.78 is 0. The Kier molecular flexibility index (Phi) is 5.19. The SMILES string of the molecule is C=C(C)[C@H]1CC[C@]2(CO)CC[C@@]3(C)[C@H](CC[C@@H]4[C@]5(C)CC[C@H](O)C(C)(C)[C@@H]5CC[C@@]43C)[C@H]12.